The Morgan fingerprint density at radius 2 is 2.30 bits per heavy atom. The molecular formula is C13H20N4O3. The van der Waals surface area contributed by atoms with Crippen LogP contribution < -0.4 is 16.4 Å². The maximum atomic E-state index is 11.6. The van der Waals surface area contributed by atoms with E-state index in [1.165, 1.54) is 7.11 Å². The van der Waals surface area contributed by atoms with Crippen LogP contribution in [0.3, 0.4) is 0 Å². The van der Waals surface area contributed by atoms with Crippen molar-refractivity contribution in [3.63, 3.8) is 0 Å². The van der Waals surface area contributed by atoms with Crippen molar-refractivity contribution in [2.24, 2.45) is 5.73 Å². The lowest BCUT2D eigenvalue weighted by atomic mass is 10.1. The van der Waals surface area contributed by atoms with Crippen LogP contribution in [0, 0.1) is 0 Å². The van der Waals surface area contributed by atoms with E-state index in [4.69, 9.17) is 10.5 Å². The fourth-order valence-electron chi connectivity index (χ4n) is 1.50. The van der Waals surface area contributed by atoms with Gasteiger partial charge in [-0.25, -0.2) is 0 Å². The Balaban J connectivity index is 2.25. The van der Waals surface area contributed by atoms with Gasteiger partial charge in [0, 0.05) is 32.5 Å². The average Bonchev–Trinajstić information content (AvgIpc) is 2.46. The number of methoxy groups -OCH3 is 1. The molecule has 0 aromatic carbocycles. The molecule has 1 heterocycles. The van der Waals surface area contributed by atoms with E-state index in [1.54, 1.807) is 12.4 Å². The number of carbonyl (C=O) groups is 2. The SMILES string of the molecule is COCCNC(=O)C(N)NC(=O)CCc1cccnc1. The van der Waals surface area contributed by atoms with Gasteiger partial charge in [-0.3, -0.25) is 14.6 Å². The van der Waals surface area contributed by atoms with E-state index in [1.807, 2.05) is 12.1 Å². The van der Waals surface area contributed by atoms with Crippen LogP contribution in [0.4, 0.5) is 0 Å². The number of amides is 2. The van der Waals surface area contributed by atoms with Crippen molar-refractivity contribution in [2.75, 3.05) is 20.3 Å². The summed E-state index contributed by atoms with van der Waals surface area (Å²) < 4.78 is 4.79. The summed E-state index contributed by atoms with van der Waals surface area (Å²) in [6, 6.07) is 3.69. The van der Waals surface area contributed by atoms with Gasteiger partial charge in [0.05, 0.1) is 6.61 Å². The Kier molecular flexibility index (Phi) is 7.23. The number of aromatic nitrogens is 1. The van der Waals surface area contributed by atoms with Gasteiger partial charge in [-0.1, -0.05) is 6.07 Å². The van der Waals surface area contributed by atoms with E-state index < -0.39 is 12.1 Å². The third-order valence-corrected chi connectivity index (χ3v) is 2.57. The fourth-order valence-corrected chi connectivity index (χ4v) is 1.50. The minimum Gasteiger partial charge on any atom is -0.383 e. The first kappa shape index (κ1) is 16.1. The maximum absolute atomic E-state index is 11.6. The van der Waals surface area contributed by atoms with Crippen molar-refractivity contribution in [3.8, 4) is 0 Å². The average molecular weight is 280 g/mol. The standard InChI is InChI=1S/C13H20N4O3/c1-20-8-7-16-13(19)12(14)17-11(18)5-4-10-3-2-6-15-9-10/h2-3,6,9,12H,4-5,7-8,14H2,1H3,(H,16,19)(H,17,18). The molecule has 1 atom stereocenters. The number of hydrogen-bond donors (Lipinski definition) is 3. The van der Waals surface area contributed by atoms with Crippen molar-refractivity contribution < 1.29 is 14.3 Å². The number of aryl methyl sites for hydroxylation is 1. The highest BCUT2D eigenvalue weighted by atomic mass is 16.5. The summed E-state index contributed by atoms with van der Waals surface area (Å²) in [6.07, 6.45) is 3.13. The van der Waals surface area contributed by atoms with Gasteiger partial charge >= 0.3 is 0 Å². The molecule has 0 aliphatic rings. The van der Waals surface area contributed by atoms with E-state index in [2.05, 4.69) is 15.6 Å². The number of hydrogen-bond acceptors (Lipinski definition) is 5. The van der Waals surface area contributed by atoms with Crippen molar-refractivity contribution in [3.05, 3.63) is 30.1 Å². The lowest BCUT2D eigenvalue weighted by Crippen LogP contribution is -2.52. The van der Waals surface area contributed by atoms with Gasteiger partial charge in [-0.15, -0.1) is 0 Å². The molecule has 0 saturated heterocycles. The van der Waals surface area contributed by atoms with Gasteiger partial charge in [0.2, 0.25) is 5.91 Å². The largest absolute Gasteiger partial charge is 0.383 e. The van der Waals surface area contributed by atoms with Crippen LogP contribution in [-0.2, 0) is 20.7 Å². The summed E-state index contributed by atoms with van der Waals surface area (Å²) in [6.45, 7) is 0.752. The van der Waals surface area contributed by atoms with Crippen LogP contribution in [0.25, 0.3) is 0 Å². The Morgan fingerprint density at radius 3 is 2.95 bits per heavy atom. The number of pyridine rings is 1. The first-order valence-electron chi connectivity index (χ1n) is 6.34. The zero-order valence-corrected chi connectivity index (χ0v) is 11.5. The molecule has 0 saturated carbocycles. The second-order valence-corrected chi connectivity index (χ2v) is 4.19. The predicted octanol–water partition coefficient (Wildman–Crippen LogP) is -0.822. The molecule has 4 N–H and O–H groups in total. The van der Waals surface area contributed by atoms with E-state index in [0.29, 0.717) is 19.6 Å². The van der Waals surface area contributed by atoms with Gasteiger partial charge in [-0.05, 0) is 18.1 Å². The molecule has 0 spiro atoms. The Hall–Kier alpha value is -1.99. The molecule has 2 amide bonds. The van der Waals surface area contributed by atoms with Gasteiger partial charge in [-0.2, -0.15) is 0 Å². The highest BCUT2D eigenvalue weighted by Crippen LogP contribution is 2.00. The molecule has 7 nitrogen and oxygen atoms in total. The van der Waals surface area contributed by atoms with Gasteiger partial charge in [0.15, 0.2) is 6.17 Å². The molecule has 1 rings (SSSR count). The monoisotopic (exact) mass is 280 g/mol. The molecule has 1 aromatic heterocycles. The number of ether oxygens (including phenoxy) is 1. The molecular weight excluding hydrogens is 260 g/mol. The topological polar surface area (TPSA) is 106 Å². The van der Waals surface area contributed by atoms with Crippen LogP contribution in [-0.4, -0.2) is 43.2 Å². The Bertz CT molecular complexity index is 425. The molecule has 1 unspecified atom stereocenters. The van der Waals surface area contributed by atoms with Gasteiger partial charge in [0.1, 0.15) is 0 Å². The molecule has 110 valence electrons. The predicted molar refractivity (Wildman–Crippen MR) is 73.6 cm³/mol. The molecule has 0 radical (unpaired) electrons. The number of nitrogens with one attached hydrogen (secondary N) is 2. The van der Waals surface area contributed by atoms with Crippen LogP contribution in [0.1, 0.15) is 12.0 Å². The summed E-state index contributed by atoms with van der Waals surface area (Å²) >= 11 is 0. The van der Waals surface area contributed by atoms with E-state index >= 15 is 0 Å². The molecule has 0 aliphatic heterocycles. The molecule has 0 aliphatic carbocycles. The highest BCUT2D eigenvalue weighted by molar-refractivity contribution is 5.87. The van der Waals surface area contributed by atoms with Crippen LogP contribution >= 0.6 is 0 Å². The van der Waals surface area contributed by atoms with Crippen molar-refractivity contribution in [2.45, 2.75) is 19.0 Å². The molecule has 1 aromatic rings. The Morgan fingerprint density at radius 1 is 1.50 bits per heavy atom. The van der Waals surface area contributed by atoms with Gasteiger partial charge < -0.3 is 21.1 Å². The molecule has 0 bridgehead atoms. The Labute approximate surface area is 117 Å². The summed E-state index contributed by atoms with van der Waals surface area (Å²) in [5.74, 6) is -0.708. The molecule has 7 heteroatoms. The lowest BCUT2D eigenvalue weighted by molar-refractivity contribution is -0.129. The van der Waals surface area contributed by atoms with Crippen molar-refractivity contribution >= 4 is 11.8 Å². The van der Waals surface area contributed by atoms with Crippen molar-refractivity contribution in [1.82, 2.24) is 15.6 Å². The normalized spacial score (nSPS) is 11.7. The van der Waals surface area contributed by atoms with E-state index in [0.717, 1.165) is 5.56 Å². The highest BCUT2D eigenvalue weighted by Gasteiger charge is 2.15. The number of rotatable bonds is 8. The lowest BCUT2D eigenvalue weighted by Gasteiger charge is -2.13. The quantitative estimate of drug-likeness (QED) is 0.426. The third kappa shape index (κ3) is 6.26. The first-order chi connectivity index (χ1) is 9.63. The zero-order chi connectivity index (χ0) is 14.8. The summed E-state index contributed by atoms with van der Waals surface area (Å²) in [7, 11) is 1.53. The fraction of sp³-hybridized carbons (Fsp3) is 0.462. The minimum absolute atomic E-state index is 0.255. The molecule has 0 fully saturated rings. The summed E-state index contributed by atoms with van der Waals surface area (Å²) in [4.78, 5) is 27.1. The van der Waals surface area contributed by atoms with E-state index in [9.17, 15) is 9.59 Å². The van der Waals surface area contributed by atoms with Crippen LogP contribution in [0.5, 0.6) is 0 Å². The van der Waals surface area contributed by atoms with Crippen molar-refractivity contribution in [1.29, 1.82) is 0 Å². The first-order valence-corrected chi connectivity index (χ1v) is 6.34. The zero-order valence-electron chi connectivity index (χ0n) is 11.5. The van der Waals surface area contributed by atoms with Crippen LogP contribution in [0.15, 0.2) is 24.5 Å². The third-order valence-electron chi connectivity index (χ3n) is 2.57. The summed E-state index contributed by atoms with van der Waals surface area (Å²) in [5, 5.41) is 4.99. The second kappa shape index (κ2) is 9.00. The van der Waals surface area contributed by atoms with Crippen LogP contribution in [0.2, 0.25) is 0 Å². The minimum atomic E-state index is -1.05. The summed E-state index contributed by atoms with van der Waals surface area (Å²) in [5.41, 5.74) is 6.53. The van der Waals surface area contributed by atoms with E-state index in [-0.39, 0.29) is 12.3 Å². The van der Waals surface area contributed by atoms with Gasteiger partial charge in [0.25, 0.3) is 5.91 Å². The number of carbonyl (C=O) groups excluding carboxylic acids is 2. The number of nitrogens with zero attached hydrogens (tertiary/aromatic N) is 1. The second-order valence-electron chi connectivity index (χ2n) is 4.19. The maximum Gasteiger partial charge on any atom is 0.257 e. The number of nitrogens with two attached hydrogens (primary N) is 1. The molecule has 20 heavy (non-hydrogen) atoms. The smallest absolute Gasteiger partial charge is 0.257 e.